The van der Waals surface area contributed by atoms with Gasteiger partial charge >= 0.3 is 5.97 Å². The molecule has 1 aliphatic rings. The van der Waals surface area contributed by atoms with Crippen LogP contribution in [0.5, 0.6) is 0 Å². The van der Waals surface area contributed by atoms with Crippen LogP contribution < -0.4 is 5.01 Å². The summed E-state index contributed by atoms with van der Waals surface area (Å²) in [6, 6.07) is 15.3. The minimum Gasteiger partial charge on any atom is -0.478 e. The van der Waals surface area contributed by atoms with Crippen LogP contribution in [0.4, 0.5) is 11.4 Å². The van der Waals surface area contributed by atoms with Gasteiger partial charge in [0.25, 0.3) is 11.6 Å². The zero-order valence-corrected chi connectivity index (χ0v) is 16.2. The third-order valence-corrected chi connectivity index (χ3v) is 4.66. The number of hydrogen-bond acceptors (Lipinski definition) is 6. The molecule has 1 amide bonds. The van der Waals surface area contributed by atoms with E-state index in [1.165, 1.54) is 36.4 Å². The van der Waals surface area contributed by atoms with Crippen molar-refractivity contribution in [2.45, 2.75) is 6.92 Å². The predicted molar refractivity (Wildman–Crippen MR) is 113 cm³/mol. The molecule has 9 nitrogen and oxygen atoms in total. The highest BCUT2D eigenvalue weighted by atomic mass is 16.6. The SMILES string of the molecule is CC1=NN(c2cccc(C(=O)O)c2)C(=O)/C1=C\c1ccc(-c2cccc([N+](=O)[O-])c2)o1. The molecule has 0 saturated heterocycles. The molecule has 154 valence electrons. The fourth-order valence-electron chi connectivity index (χ4n) is 3.13. The molecule has 1 N–H and O–H groups in total. The smallest absolute Gasteiger partial charge is 0.335 e. The molecular weight excluding hydrogens is 402 g/mol. The summed E-state index contributed by atoms with van der Waals surface area (Å²) < 4.78 is 5.75. The Morgan fingerprint density at radius 2 is 1.94 bits per heavy atom. The van der Waals surface area contributed by atoms with Crippen molar-refractivity contribution >= 4 is 35.0 Å². The second kappa shape index (κ2) is 7.71. The lowest BCUT2D eigenvalue weighted by Crippen LogP contribution is -2.21. The van der Waals surface area contributed by atoms with Crippen molar-refractivity contribution in [3.05, 3.63) is 87.7 Å². The lowest BCUT2D eigenvalue weighted by Gasteiger charge is -2.12. The molecule has 0 atom stereocenters. The minimum atomic E-state index is -1.10. The number of nitrogens with zero attached hydrogens (tertiary/aromatic N) is 3. The number of aromatic carboxylic acids is 1. The summed E-state index contributed by atoms with van der Waals surface area (Å²) in [5, 5.41) is 25.5. The molecule has 0 bridgehead atoms. The molecule has 1 aromatic heterocycles. The van der Waals surface area contributed by atoms with Crippen LogP contribution in [-0.4, -0.2) is 27.6 Å². The molecule has 1 aliphatic heterocycles. The van der Waals surface area contributed by atoms with Gasteiger partial charge in [-0.15, -0.1) is 0 Å². The molecule has 0 aliphatic carbocycles. The van der Waals surface area contributed by atoms with Gasteiger partial charge in [0.05, 0.1) is 27.5 Å². The third kappa shape index (κ3) is 3.84. The first-order chi connectivity index (χ1) is 14.8. The molecule has 0 saturated carbocycles. The van der Waals surface area contributed by atoms with Crippen LogP contribution in [0.25, 0.3) is 17.4 Å². The maximum Gasteiger partial charge on any atom is 0.335 e. The van der Waals surface area contributed by atoms with Gasteiger partial charge in [0.1, 0.15) is 11.5 Å². The number of hydrazone groups is 1. The van der Waals surface area contributed by atoms with E-state index in [1.807, 2.05) is 0 Å². The number of rotatable bonds is 5. The summed E-state index contributed by atoms with van der Waals surface area (Å²) in [5.74, 6) is -0.732. The molecule has 2 aromatic carbocycles. The van der Waals surface area contributed by atoms with Crippen LogP contribution in [0.3, 0.4) is 0 Å². The van der Waals surface area contributed by atoms with Gasteiger partial charge in [0.15, 0.2) is 0 Å². The van der Waals surface area contributed by atoms with Crippen molar-refractivity contribution in [2.75, 3.05) is 5.01 Å². The molecule has 2 heterocycles. The van der Waals surface area contributed by atoms with Gasteiger partial charge in [-0.3, -0.25) is 14.9 Å². The number of nitro groups is 1. The molecule has 0 fully saturated rings. The maximum absolute atomic E-state index is 12.9. The Hall–Kier alpha value is -4.53. The van der Waals surface area contributed by atoms with Crippen molar-refractivity contribution in [1.82, 2.24) is 0 Å². The quantitative estimate of drug-likeness (QED) is 0.373. The molecule has 3 aromatic rings. The minimum absolute atomic E-state index is 0.0446. The summed E-state index contributed by atoms with van der Waals surface area (Å²) in [6.45, 7) is 1.66. The highest BCUT2D eigenvalue weighted by molar-refractivity contribution is 6.32. The molecule has 0 radical (unpaired) electrons. The molecule has 4 rings (SSSR count). The predicted octanol–water partition coefficient (Wildman–Crippen LogP) is 4.36. The number of carbonyl (C=O) groups is 2. The second-order valence-electron chi connectivity index (χ2n) is 6.73. The van der Waals surface area contributed by atoms with E-state index in [-0.39, 0.29) is 11.3 Å². The number of furan rings is 1. The van der Waals surface area contributed by atoms with E-state index in [2.05, 4.69) is 5.10 Å². The van der Waals surface area contributed by atoms with Crippen molar-refractivity contribution < 1.29 is 24.0 Å². The number of non-ortho nitro benzene ring substituents is 1. The van der Waals surface area contributed by atoms with Gasteiger partial charge in [-0.25, -0.2) is 4.79 Å². The van der Waals surface area contributed by atoms with Gasteiger partial charge in [-0.2, -0.15) is 10.1 Å². The van der Waals surface area contributed by atoms with Crippen molar-refractivity contribution in [1.29, 1.82) is 0 Å². The Balaban J connectivity index is 1.62. The van der Waals surface area contributed by atoms with Gasteiger partial charge in [0.2, 0.25) is 0 Å². The first-order valence-electron chi connectivity index (χ1n) is 9.13. The number of amides is 1. The number of carboxylic acids is 1. The Bertz CT molecular complexity index is 1290. The number of benzene rings is 2. The summed E-state index contributed by atoms with van der Waals surface area (Å²) in [7, 11) is 0. The van der Waals surface area contributed by atoms with E-state index in [9.17, 15) is 19.7 Å². The lowest BCUT2D eigenvalue weighted by atomic mass is 10.1. The van der Waals surface area contributed by atoms with Gasteiger partial charge < -0.3 is 9.52 Å². The van der Waals surface area contributed by atoms with E-state index < -0.39 is 16.8 Å². The van der Waals surface area contributed by atoms with Gasteiger partial charge in [0, 0.05) is 17.7 Å². The molecule has 0 spiro atoms. The van der Waals surface area contributed by atoms with E-state index in [0.717, 1.165) is 5.01 Å². The average Bonchev–Trinajstić information content (AvgIpc) is 3.34. The van der Waals surface area contributed by atoms with E-state index in [0.29, 0.717) is 34.1 Å². The lowest BCUT2D eigenvalue weighted by molar-refractivity contribution is -0.384. The monoisotopic (exact) mass is 417 g/mol. The Morgan fingerprint density at radius 1 is 1.16 bits per heavy atom. The third-order valence-electron chi connectivity index (χ3n) is 4.66. The van der Waals surface area contributed by atoms with Crippen molar-refractivity contribution in [3.8, 4) is 11.3 Å². The van der Waals surface area contributed by atoms with Crippen LogP contribution in [0.15, 0.2) is 75.8 Å². The first kappa shape index (κ1) is 19.8. The summed E-state index contributed by atoms with van der Waals surface area (Å²) in [5.41, 5.74) is 1.60. The molecular formula is C22H15N3O6. The Morgan fingerprint density at radius 3 is 2.68 bits per heavy atom. The Labute approximate surface area is 175 Å². The number of carboxylic acid groups (broad SMARTS) is 1. The van der Waals surface area contributed by atoms with Crippen LogP contribution in [-0.2, 0) is 4.79 Å². The van der Waals surface area contributed by atoms with E-state index in [4.69, 9.17) is 9.52 Å². The Kier molecular flexibility index (Phi) is 4.92. The zero-order chi connectivity index (χ0) is 22.1. The fraction of sp³-hybridized carbons (Fsp3) is 0.0455. The van der Waals surface area contributed by atoms with Crippen molar-refractivity contribution in [2.24, 2.45) is 5.10 Å². The molecule has 31 heavy (non-hydrogen) atoms. The highest BCUT2D eigenvalue weighted by Crippen LogP contribution is 2.29. The molecule has 0 unspecified atom stereocenters. The van der Waals surface area contributed by atoms with E-state index >= 15 is 0 Å². The van der Waals surface area contributed by atoms with Crippen LogP contribution in [0, 0.1) is 10.1 Å². The van der Waals surface area contributed by atoms with Crippen LogP contribution in [0.2, 0.25) is 0 Å². The standard InChI is InChI=1S/C22H15N3O6/c1-13-19(21(26)24(23-13)16-6-3-5-15(11-16)22(27)28)12-18-8-9-20(31-18)14-4-2-7-17(10-14)25(29)30/h2-12H,1H3,(H,27,28)/b19-12-. The number of nitro benzene ring substituents is 1. The molecule has 9 heteroatoms. The van der Waals surface area contributed by atoms with Crippen LogP contribution >= 0.6 is 0 Å². The summed E-state index contributed by atoms with van der Waals surface area (Å²) in [4.78, 5) is 34.6. The number of anilines is 1. The van der Waals surface area contributed by atoms with Gasteiger partial charge in [-0.1, -0.05) is 18.2 Å². The highest BCUT2D eigenvalue weighted by Gasteiger charge is 2.29. The normalized spacial score (nSPS) is 14.7. The fourth-order valence-corrected chi connectivity index (χ4v) is 3.13. The zero-order valence-electron chi connectivity index (χ0n) is 16.2. The van der Waals surface area contributed by atoms with Crippen molar-refractivity contribution in [3.63, 3.8) is 0 Å². The second-order valence-corrected chi connectivity index (χ2v) is 6.73. The van der Waals surface area contributed by atoms with E-state index in [1.54, 1.807) is 37.3 Å². The largest absolute Gasteiger partial charge is 0.478 e. The summed E-state index contributed by atoms with van der Waals surface area (Å²) in [6.07, 6.45) is 1.53. The number of hydrogen-bond donors (Lipinski definition) is 1. The first-order valence-corrected chi connectivity index (χ1v) is 9.13. The van der Waals surface area contributed by atoms with Crippen LogP contribution in [0.1, 0.15) is 23.0 Å². The number of carbonyl (C=O) groups excluding carboxylic acids is 1. The summed E-state index contributed by atoms with van der Waals surface area (Å²) >= 11 is 0. The average molecular weight is 417 g/mol. The van der Waals surface area contributed by atoms with Gasteiger partial charge in [-0.05, 0) is 43.3 Å². The topological polar surface area (TPSA) is 126 Å². The maximum atomic E-state index is 12.9.